The van der Waals surface area contributed by atoms with Gasteiger partial charge in [-0.1, -0.05) is 42.5 Å². The number of phenols is 1. The fourth-order valence-corrected chi connectivity index (χ4v) is 4.75. The lowest BCUT2D eigenvalue weighted by atomic mass is 10.1. The van der Waals surface area contributed by atoms with E-state index in [2.05, 4.69) is 10.2 Å². The zero-order chi connectivity index (χ0) is 23.8. The summed E-state index contributed by atoms with van der Waals surface area (Å²) in [5.41, 5.74) is 1.89. The summed E-state index contributed by atoms with van der Waals surface area (Å²) in [5, 5.41) is 17.6. The van der Waals surface area contributed by atoms with E-state index in [1.807, 2.05) is 30.3 Å². The summed E-state index contributed by atoms with van der Waals surface area (Å²) in [7, 11) is -9.59. The molecule has 0 spiro atoms. The van der Waals surface area contributed by atoms with Crippen molar-refractivity contribution in [2.24, 2.45) is 10.2 Å². The maximum Gasteiger partial charge on any atom is 0.295 e. The van der Waals surface area contributed by atoms with Gasteiger partial charge in [-0.3, -0.25) is 9.11 Å². The third-order valence-electron chi connectivity index (χ3n) is 4.85. The Hall–Kier alpha value is -3.64. The molecule has 4 aromatic carbocycles. The lowest BCUT2D eigenvalue weighted by Gasteiger charge is -2.11. The lowest BCUT2D eigenvalue weighted by molar-refractivity contribution is 0.475. The van der Waals surface area contributed by atoms with E-state index in [1.165, 1.54) is 0 Å². The van der Waals surface area contributed by atoms with Crippen LogP contribution in [0.15, 0.2) is 98.9 Å². The van der Waals surface area contributed by atoms with E-state index in [0.717, 1.165) is 35.4 Å². The molecule has 0 saturated heterocycles. The van der Waals surface area contributed by atoms with Gasteiger partial charge in [0.25, 0.3) is 20.2 Å². The molecule has 3 N–H and O–H groups in total. The molecule has 9 nitrogen and oxygen atoms in total. The summed E-state index contributed by atoms with van der Waals surface area (Å²) in [6.07, 6.45) is 0. The highest BCUT2D eigenvalue weighted by Crippen LogP contribution is 2.42. The van der Waals surface area contributed by atoms with Gasteiger partial charge < -0.3 is 5.11 Å². The molecular formula is C22H16N2O7S2. The van der Waals surface area contributed by atoms with Crippen molar-refractivity contribution in [2.75, 3.05) is 0 Å². The van der Waals surface area contributed by atoms with Crippen LogP contribution in [0.25, 0.3) is 21.9 Å². The van der Waals surface area contributed by atoms with Crippen LogP contribution in [0.4, 0.5) is 11.4 Å². The number of fused-ring (bicyclic) bond motifs is 1. The van der Waals surface area contributed by atoms with E-state index >= 15 is 0 Å². The van der Waals surface area contributed by atoms with Crippen molar-refractivity contribution in [3.8, 4) is 16.9 Å². The number of phenolic OH excluding ortho intramolecular Hbond substituents is 1. The van der Waals surface area contributed by atoms with Crippen molar-refractivity contribution in [3.05, 3.63) is 78.9 Å². The minimum atomic E-state index is -4.84. The van der Waals surface area contributed by atoms with Gasteiger partial charge in [0.15, 0.2) is 0 Å². The monoisotopic (exact) mass is 484 g/mol. The van der Waals surface area contributed by atoms with Gasteiger partial charge in [0, 0.05) is 10.8 Å². The molecule has 0 aliphatic rings. The molecular weight excluding hydrogens is 468 g/mol. The standard InChI is InChI=1S/C22H16N2O7S2/c25-18-11-10-17-19(32(26,27)28)12-13-20(33(29,30)31)21(17)22(18)24-23-16-8-6-15(7-9-16)14-4-2-1-3-5-14/h1-13,25H,(H,26,27,28)(H,29,30,31). The summed E-state index contributed by atoms with van der Waals surface area (Å²) in [4.78, 5) is -1.32. The number of rotatable bonds is 5. The van der Waals surface area contributed by atoms with Gasteiger partial charge in [-0.25, -0.2) is 0 Å². The summed E-state index contributed by atoms with van der Waals surface area (Å²) < 4.78 is 66.5. The maximum atomic E-state index is 11.9. The smallest absolute Gasteiger partial charge is 0.295 e. The second-order valence-corrected chi connectivity index (χ2v) is 9.76. The Labute approximate surface area is 189 Å². The Morgan fingerprint density at radius 3 is 1.79 bits per heavy atom. The van der Waals surface area contributed by atoms with Gasteiger partial charge in [0.05, 0.1) is 5.69 Å². The first-order chi connectivity index (χ1) is 15.6. The molecule has 0 bridgehead atoms. The molecule has 0 fully saturated rings. The van der Waals surface area contributed by atoms with Gasteiger partial charge in [-0.2, -0.15) is 21.9 Å². The molecule has 0 unspecified atom stereocenters. The second-order valence-electron chi connectivity index (χ2n) is 6.98. The summed E-state index contributed by atoms with van der Waals surface area (Å²) in [5.74, 6) is -0.510. The zero-order valence-electron chi connectivity index (χ0n) is 16.7. The molecule has 33 heavy (non-hydrogen) atoms. The minimum Gasteiger partial charge on any atom is -0.506 e. The number of hydrogen-bond donors (Lipinski definition) is 3. The van der Waals surface area contributed by atoms with Gasteiger partial charge in [-0.15, -0.1) is 5.11 Å². The topological polar surface area (TPSA) is 154 Å². The van der Waals surface area contributed by atoms with Crippen molar-refractivity contribution >= 4 is 42.4 Å². The summed E-state index contributed by atoms with van der Waals surface area (Å²) in [6, 6.07) is 20.3. The predicted molar refractivity (Wildman–Crippen MR) is 121 cm³/mol. The highest BCUT2D eigenvalue weighted by atomic mass is 32.2. The van der Waals surface area contributed by atoms with Gasteiger partial charge in [0.1, 0.15) is 21.2 Å². The van der Waals surface area contributed by atoms with Crippen LogP contribution >= 0.6 is 0 Å². The fraction of sp³-hybridized carbons (Fsp3) is 0. The van der Waals surface area contributed by atoms with Crippen molar-refractivity contribution in [2.45, 2.75) is 9.79 Å². The number of hydrogen-bond acceptors (Lipinski definition) is 7. The van der Waals surface area contributed by atoms with E-state index in [9.17, 15) is 31.0 Å². The minimum absolute atomic E-state index is 0.265. The quantitative estimate of drug-likeness (QED) is 0.262. The molecule has 11 heteroatoms. The highest BCUT2D eigenvalue weighted by molar-refractivity contribution is 7.86. The van der Waals surface area contributed by atoms with Crippen LogP contribution in [0.5, 0.6) is 5.75 Å². The number of azo groups is 1. The van der Waals surface area contributed by atoms with Crippen LogP contribution in [0.3, 0.4) is 0 Å². The van der Waals surface area contributed by atoms with Crippen LogP contribution in [0.1, 0.15) is 0 Å². The Morgan fingerprint density at radius 2 is 1.18 bits per heavy atom. The van der Waals surface area contributed by atoms with Crippen LogP contribution in [-0.4, -0.2) is 31.0 Å². The first-order valence-corrected chi connectivity index (χ1v) is 12.2. The van der Waals surface area contributed by atoms with Crippen molar-refractivity contribution in [1.29, 1.82) is 0 Å². The van der Waals surface area contributed by atoms with Crippen molar-refractivity contribution in [3.63, 3.8) is 0 Å². The molecule has 0 saturated carbocycles. The molecule has 0 aliphatic heterocycles. The average Bonchev–Trinajstić information content (AvgIpc) is 2.77. The average molecular weight is 485 g/mol. The van der Waals surface area contributed by atoms with Crippen LogP contribution < -0.4 is 0 Å². The number of nitrogens with zero attached hydrogens (tertiary/aromatic N) is 2. The molecule has 0 atom stereocenters. The maximum absolute atomic E-state index is 11.9. The van der Waals surface area contributed by atoms with E-state index < -0.39 is 46.9 Å². The molecule has 0 aromatic heterocycles. The van der Waals surface area contributed by atoms with Crippen LogP contribution in [-0.2, 0) is 20.2 Å². The predicted octanol–water partition coefficient (Wildman–Crippen LogP) is 5.12. The van der Waals surface area contributed by atoms with Crippen molar-refractivity contribution < 1.29 is 31.0 Å². The van der Waals surface area contributed by atoms with Gasteiger partial charge in [-0.05, 0) is 47.5 Å². The molecule has 0 radical (unpaired) electrons. The molecule has 0 aliphatic carbocycles. The van der Waals surface area contributed by atoms with Gasteiger partial charge >= 0.3 is 0 Å². The molecule has 168 valence electrons. The van der Waals surface area contributed by atoms with E-state index in [-0.39, 0.29) is 5.39 Å². The van der Waals surface area contributed by atoms with Gasteiger partial charge in [0.2, 0.25) is 0 Å². The largest absolute Gasteiger partial charge is 0.506 e. The van der Waals surface area contributed by atoms with Crippen LogP contribution in [0.2, 0.25) is 0 Å². The SMILES string of the molecule is O=S(=O)(O)c1ccc(S(=O)(=O)O)c2c(N=Nc3ccc(-c4ccccc4)cc3)c(O)ccc12. The third kappa shape index (κ3) is 4.61. The molecule has 0 amide bonds. The highest BCUT2D eigenvalue weighted by Gasteiger charge is 2.24. The normalized spacial score (nSPS) is 12.4. The molecule has 0 heterocycles. The number of benzene rings is 4. The Morgan fingerprint density at radius 1 is 0.606 bits per heavy atom. The summed E-state index contributed by atoms with van der Waals surface area (Å²) >= 11 is 0. The molecule has 4 rings (SSSR count). The number of aromatic hydroxyl groups is 1. The Balaban J connectivity index is 1.87. The second kappa shape index (κ2) is 8.37. The molecule has 4 aromatic rings. The van der Waals surface area contributed by atoms with Crippen molar-refractivity contribution in [1.82, 2.24) is 0 Å². The lowest BCUT2D eigenvalue weighted by Crippen LogP contribution is -2.04. The zero-order valence-corrected chi connectivity index (χ0v) is 18.3. The van der Waals surface area contributed by atoms with Crippen LogP contribution in [0, 0.1) is 0 Å². The Kier molecular flexibility index (Phi) is 5.72. The van der Waals surface area contributed by atoms with E-state index in [1.54, 1.807) is 24.3 Å². The van der Waals surface area contributed by atoms with E-state index in [0.29, 0.717) is 5.69 Å². The van der Waals surface area contributed by atoms with E-state index in [4.69, 9.17) is 0 Å². The third-order valence-corrected chi connectivity index (χ3v) is 6.66. The fourth-order valence-electron chi connectivity index (χ4n) is 3.36. The first-order valence-electron chi connectivity index (χ1n) is 9.36. The Bertz CT molecular complexity index is 1600. The first kappa shape index (κ1) is 22.6. The summed E-state index contributed by atoms with van der Waals surface area (Å²) in [6.45, 7) is 0.